The van der Waals surface area contributed by atoms with Crippen LogP contribution in [0.5, 0.6) is 0 Å². The van der Waals surface area contributed by atoms with Gasteiger partial charge in [-0.2, -0.15) is 0 Å². The third-order valence-electron chi connectivity index (χ3n) is 6.98. The van der Waals surface area contributed by atoms with E-state index in [0.29, 0.717) is 0 Å². The van der Waals surface area contributed by atoms with E-state index >= 15 is 0 Å². The zero-order valence-corrected chi connectivity index (χ0v) is 18.3. The molecule has 29 heavy (non-hydrogen) atoms. The van der Waals surface area contributed by atoms with Crippen LogP contribution in [-0.2, 0) is 6.54 Å². The van der Waals surface area contributed by atoms with Crippen LogP contribution in [0.3, 0.4) is 0 Å². The van der Waals surface area contributed by atoms with E-state index in [2.05, 4.69) is 51.0 Å². The maximum Gasteiger partial charge on any atom is 0.194 e. The van der Waals surface area contributed by atoms with Crippen LogP contribution < -0.4 is 10.2 Å². The molecule has 2 unspecified atom stereocenters. The molecule has 2 atom stereocenters. The van der Waals surface area contributed by atoms with Gasteiger partial charge in [0.1, 0.15) is 5.82 Å². The lowest BCUT2D eigenvalue weighted by Crippen LogP contribution is -2.46. The Hall–Kier alpha value is -1.82. The maximum absolute atomic E-state index is 5.01. The first kappa shape index (κ1) is 20.5. The molecule has 0 spiro atoms. The maximum atomic E-state index is 5.01. The van der Waals surface area contributed by atoms with Crippen LogP contribution in [0.1, 0.15) is 45.1 Å². The van der Waals surface area contributed by atoms with Crippen LogP contribution in [-0.4, -0.2) is 73.1 Å². The Morgan fingerprint density at radius 2 is 1.83 bits per heavy atom. The van der Waals surface area contributed by atoms with Gasteiger partial charge in [0.05, 0.1) is 6.54 Å². The first-order chi connectivity index (χ1) is 14.3. The van der Waals surface area contributed by atoms with Crippen molar-refractivity contribution >= 4 is 11.8 Å². The highest BCUT2D eigenvalue weighted by molar-refractivity contribution is 5.80. The van der Waals surface area contributed by atoms with Crippen LogP contribution in [0.25, 0.3) is 0 Å². The summed E-state index contributed by atoms with van der Waals surface area (Å²) >= 11 is 0. The number of likely N-dealkylation sites (N-methyl/N-ethyl adjacent to an activating group) is 1. The molecule has 0 aromatic carbocycles. The number of pyridine rings is 1. The molecule has 1 N–H and O–H groups in total. The van der Waals surface area contributed by atoms with Crippen molar-refractivity contribution in [2.45, 2.75) is 46.1 Å². The summed E-state index contributed by atoms with van der Waals surface area (Å²) < 4.78 is 0. The second-order valence-electron chi connectivity index (χ2n) is 8.82. The van der Waals surface area contributed by atoms with Gasteiger partial charge in [0, 0.05) is 52.0 Å². The summed E-state index contributed by atoms with van der Waals surface area (Å²) in [6.45, 7) is 13.9. The number of aliphatic imine (C=N–C) groups is 1. The highest BCUT2D eigenvalue weighted by Gasteiger charge is 2.35. The largest absolute Gasteiger partial charge is 0.357 e. The summed E-state index contributed by atoms with van der Waals surface area (Å²) in [5, 5.41) is 3.54. The SMILES string of the molecule is CCNC(=NCc1ccnc(N2CCN(CC)CC2)c1)N1CC2CCCCC2C1. The second-order valence-corrected chi connectivity index (χ2v) is 8.82. The van der Waals surface area contributed by atoms with Crippen LogP contribution in [0, 0.1) is 11.8 Å². The van der Waals surface area contributed by atoms with E-state index in [4.69, 9.17) is 4.99 Å². The average molecular weight is 399 g/mol. The molecule has 0 bridgehead atoms. The molecule has 1 aromatic rings. The average Bonchev–Trinajstić information content (AvgIpc) is 3.21. The Bertz CT molecular complexity index is 668. The molecule has 2 saturated heterocycles. The molecule has 1 aliphatic carbocycles. The second kappa shape index (κ2) is 9.79. The van der Waals surface area contributed by atoms with E-state index in [1.165, 1.54) is 44.3 Å². The summed E-state index contributed by atoms with van der Waals surface area (Å²) in [7, 11) is 0. The molecule has 2 aliphatic heterocycles. The van der Waals surface area contributed by atoms with Crippen LogP contribution in [0.15, 0.2) is 23.3 Å². The van der Waals surface area contributed by atoms with Crippen LogP contribution >= 0.6 is 0 Å². The topological polar surface area (TPSA) is 47.0 Å². The predicted molar refractivity (Wildman–Crippen MR) is 120 cm³/mol. The van der Waals surface area contributed by atoms with Crippen LogP contribution in [0.4, 0.5) is 5.82 Å². The van der Waals surface area contributed by atoms with E-state index in [1.807, 2.05) is 6.20 Å². The first-order valence-electron chi connectivity index (χ1n) is 11.7. The normalized spacial score (nSPS) is 25.9. The third-order valence-corrected chi connectivity index (χ3v) is 6.98. The molecule has 160 valence electrons. The van der Waals surface area contributed by atoms with Gasteiger partial charge >= 0.3 is 0 Å². The van der Waals surface area contributed by atoms with Crippen LogP contribution in [0.2, 0.25) is 0 Å². The Morgan fingerprint density at radius 1 is 1.10 bits per heavy atom. The van der Waals surface area contributed by atoms with Gasteiger partial charge in [-0.15, -0.1) is 0 Å². The molecule has 0 amide bonds. The van der Waals surface area contributed by atoms with Crippen molar-refractivity contribution in [1.82, 2.24) is 20.1 Å². The number of nitrogens with zero attached hydrogens (tertiary/aromatic N) is 5. The summed E-state index contributed by atoms with van der Waals surface area (Å²) in [6, 6.07) is 4.35. The molecule has 1 aromatic heterocycles. The van der Waals surface area contributed by atoms with E-state index in [0.717, 1.165) is 69.4 Å². The molecule has 3 heterocycles. The van der Waals surface area contributed by atoms with Gasteiger partial charge in [0.25, 0.3) is 0 Å². The zero-order valence-electron chi connectivity index (χ0n) is 18.3. The number of fused-ring (bicyclic) bond motifs is 1. The molecule has 6 heteroatoms. The summed E-state index contributed by atoms with van der Waals surface area (Å²) in [5.74, 6) is 3.95. The van der Waals surface area contributed by atoms with Crippen molar-refractivity contribution < 1.29 is 0 Å². The van der Waals surface area contributed by atoms with Gasteiger partial charge in [-0.3, -0.25) is 0 Å². The number of aromatic nitrogens is 1. The predicted octanol–water partition coefficient (Wildman–Crippen LogP) is 2.81. The minimum absolute atomic E-state index is 0.721. The molecule has 4 rings (SSSR count). The highest BCUT2D eigenvalue weighted by Crippen LogP contribution is 2.36. The number of hydrogen-bond donors (Lipinski definition) is 1. The Labute approximate surface area is 176 Å². The van der Waals surface area contributed by atoms with Gasteiger partial charge < -0.3 is 20.0 Å². The fourth-order valence-corrected chi connectivity index (χ4v) is 5.20. The van der Waals surface area contributed by atoms with E-state index in [-0.39, 0.29) is 0 Å². The minimum Gasteiger partial charge on any atom is -0.357 e. The summed E-state index contributed by atoms with van der Waals surface area (Å²) in [4.78, 5) is 17.1. The monoisotopic (exact) mass is 398 g/mol. The summed E-state index contributed by atoms with van der Waals surface area (Å²) in [6.07, 6.45) is 7.58. The first-order valence-corrected chi connectivity index (χ1v) is 11.7. The molecular weight excluding hydrogens is 360 g/mol. The lowest BCUT2D eigenvalue weighted by Gasteiger charge is -2.34. The van der Waals surface area contributed by atoms with Gasteiger partial charge in [-0.05, 0) is 55.8 Å². The quantitative estimate of drug-likeness (QED) is 0.610. The third kappa shape index (κ3) is 5.03. The van der Waals surface area contributed by atoms with Gasteiger partial charge in [0.15, 0.2) is 5.96 Å². The van der Waals surface area contributed by atoms with Crippen molar-refractivity contribution in [3.05, 3.63) is 23.9 Å². The van der Waals surface area contributed by atoms with Crippen molar-refractivity contribution in [2.24, 2.45) is 16.8 Å². The standard InChI is InChI=1S/C23H38N6/c1-3-24-23(29-17-20-7-5-6-8-21(20)18-29)26-16-19-9-10-25-22(15-19)28-13-11-27(4-2)12-14-28/h9-10,15,20-21H,3-8,11-14,16-18H2,1-2H3,(H,24,26). The number of anilines is 1. The molecule has 0 radical (unpaired) electrons. The minimum atomic E-state index is 0.721. The van der Waals surface area contributed by atoms with Crippen molar-refractivity contribution in [3.63, 3.8) is 0 Å². The number of hydrogen-bond acceptors (Lipinski definition) is 4. The van der Waals surface area contributed by atoms with Gasteiger partial charge in [-0.25, -0.2) is 9.98 Å². The lowest BCUT2D eigenvalue weighted by atomic mass is 9.82. The Morgan fingerprint density at radius 3 is 2.48 bits per heavy atom. The molecule has 6 nitrogen and oxygen atoms in total. The molecular formula is C23H38N6. The number of piperazine rings is 1. The number of rotatable bonds is 5. The van der Waals surface area contributed by atoms with Gasteiger partial charge in [0.2, 0.25) is 0 Å². The fraction of sp³-hybridized carbons (Fsp3) is 0.739. The number of guanidine groups is 1. The molecule has 3 aliphatic rings. The van der Waals surface area contributed by atoms with E-state index in [1.54, 1.807) is 0 Å². The smallest absolute Gasteiger partial charge is 0.194 e. The van der Waals surface area contributed by atoms with Crippen molar-refractivity contribution in [2.75, 3.05) is 57.3 Å². The highest BCUT2D eigenvalue weighted by atomic mass is 15.3. The van der Waals surface area contributed by atoms with Crippen molar-refractivity contribution in [3.8, 4) is 0 Å². The zero-order chi connectivity index (χ0) is 20.1. The summed E-state index contributed by atoms with van der Waals surface area (Å²) in [5.41, 5.74) is 1.25. The van der Waals surface area contributed by atoms with Crippen molar-refractivity contribution in [1.29, 1.82) is 0 Å². The number of nitrogens with one attached hydrogen (secondary N) is 1. The van der Waals surface area contributed by atoms with E-state index < -0.39 is 0 Å². The molecule has 3 fully saturated rings. The number of likely N-dealkylation sites (tertiary alicyclic amines) is 1. The fourth-order valence-electron chi connectivity index (χ4n) is 5.20. The van der Waals surface area contributed by atoms with E-state index in [9.17, 15) is 0 Å². The Kier molecular flexibility index (Phi) is 6.90. The Balaban J connectivity index is 1.40. The van der Waals surface area contributed by atoms with Gasteiger partial charge in [-0.1, -0.05) is 19.8 Å². The lowest BCUT2D eigenvalue weighted by molar-refractivity contribution is 0.270. The molecule has 1 saturated carbocycles.